The molecule has 0 aliphatic carbocycles. The Hall–Kier alpha value is -1.75. The van der Waals surface area contributed by atoms with Crippen molar-refractivity contribution in [1.82, 2.24) is 4.90 Å². The van der Waals surface area contributed by atoms with Gasteiger partial charge in [-0.25, -0.2) is 0 Å². The first-order valence-electron chi connectivity index (χ1n) is 5.90. The summed E-state index contributed by atoms with van der Waals surface area (Å²) in [6.07, 6.45) is 0.302. The van der Waals surface area contributed by atoms with Crippen LogP contribution in [0.4, 0.5) is 0 Å². The van der Waals surface area contributed by atoms with Crippen LogP contribution in [0, 0.1) is 5.92 Å². The van der Waals surface area contributed by atoms with Crippen LogP contribution in [0.3, 0.4) is 0 Å². The van der Waals surface area contributed by atoms with Gasteiger partial charge < -0.3 is 15.8 Å². The number of carbonyl (C=O) groups excluding carboxylic acids is 1. The summed E-state index contributed by atoms with van der Waals surface area (Å²) in [6, 6.07) is 7.15. The Bertz CT molecular complexity index is 459. The number of likely N-dealkylation sites (N-methyl/N-ethyl adjacent to an activating group) is 1. The smallest absolute Gasteiger partial charge is 0.226 e. The number of carbonyl (C=O) groups is 1. The minimum absolute atomic E-state index is 0.0279. The van der Waals surface area contributed by atoms with E-state index >= 15 is 0 Å². The van der Waals surface area contributed by atoms with E-state index in [2.05, 4.69) is 5.16 Å². The standard InChI is InChI=1S/C13H18ClN3O2/c1-9(13(15)16-19)8-17(2)12(18)7-10-3-5-11(14)6-4-10/h3-6,9,19H,7-8H2,1-2H3,(H2,15,16). The second kappa shape index (κ2) is 6.99. The van der Waals surface area contributed by atoms with Crippen LogP contribution < -0.4 is 5.73 Å². The van der Waals surface area contributed by atoms with Crippen LogP contribution in [-0.2, 0) is 11.2 Å². The monoisotopic (exact) mass is 283 g/mol. The van der Waals surface area contributed by atoms with Gasteiger partial charge in [-0.1, -0.05) is 35.8 Å². The number of benzene rings is 1. The molecule has 0 fully saturated rings. The average molecular weight is 284 g/mol. The molecule has 1 amide bonds. The maximum atomic E-state index is 12.0. The molecule has 19 heavy (non-hydrogen) atoms. The Morgan fingerprint density at radius 1 is 1.47 bits per heavy atom. The van der Waals surface area contributed by atoms with Crippen LogP contribution in [0.25, 0.3) is 0 Å². The molecule has 0 aromatic heterocycles. The molecule has 1 unspecified atom stereocenters. The molecule has 1 atom stereocenters. The highest BCUT2D eigenvalue weighted by Gasteiger charge is 2.15. The molecular weight excluding hydrogens is 266 g/mol. The fraction of sp³-hybridized carbons (Fsp3) is 0.385. The fourth-order valence-corrected chi connectivity index (χ4v) is 1.74. The van der Waals surface area contributed by atoms with E-state index in [1.165, 1.54) is 0 Å². The number of hydrogen-bond donors (Lipinski definition) is 2. The highest BCUT2D eigenvalue weighted by Crippen LogP contribution is 2.11. The molecule has 3 N–H and O–H groups in total. The van der Waals surface area contributed by atoms with Crippen molar-refractivity contribution in [1.29, 1.82) is 0 Å². The van der Waals surface area contributed by atoms with Crippen LogP contribution in [0.2, 0.25) is 5.02 Å². The lowest BCUT2D eigenvalue weighted by molar-refractivity contribution is -0.129. The Labute approximate surface area is 117 Å². The Morgan fingerprint density at radius 2 is 2.05 bits per heavy atom. The highest BCUT2D eigenvalue weighted by atomic mass is 35.5. The molecular formula is C13H18ClN3O2. The number of rotatable bonds is 5. The van der Waals surface area contributed by atoms with E-state index in [1.54, 1.807) is 31.0 Å². The molecule has 1 aromatic carbocycles. The molecule has 0 heterocycles. The second-order valence-corrected chi connectivity index (χ2v) is 4.94. The van der Waals surface area contributed by atoms with Gasteiger partial charge in [-0.3, -0.25) is 4.79 Å². The predicted octanol–water partition coefficient (Wildman–Crippen LogP) is 1.72. The first-order chi connectivity index (χ1) is 8.93. The van der Waals surface area contributed by atoms with Crippen molar-refractivity contribution >= 4 is 23.3 Å². The zero-order valence-electron chi connectivity index (χ0n) is 11.0. The number of nitrogens with two attached hydrogens (primary N) is 1. The first-order valence-corrected chi connectivity index (χ1v) is 6.27. The van der Waals surface area contributed by atoms with E-state index in [9.17, 15) is 4.79 Å². The van der Waals surface area contributed by atoms with Crippen molar-refractivity contribution in [2.45, 2.75) is 13.3 Å². The molecule has 0 spiro atoms. The van der Waals surface area contributed by atoms with E-state index in [-0.39, 0.29) is 17.7 Å². The summed E-state index contributed by atoms with van der Waals surface area (Å²) in [5.41, 5.74) is 6.38. The molecule has 1 aromatic rings. The van der Waals surface area contributed by atoms with Crippen LogP contribution in [0.15, 0.2) is 29.4 Å². The van der Waals surface area contributed by atoms with E-state index in [4.69, 9.17) is 22.5 Å². The van der Waals surface area contributed by atoms with Gasteiger partial charge in [0.1, 0.15) is 5.84 Å². The van der Waals surface area contributed by atoms with Gasteiger partial charge in [-0.2, -0.15) is 0 Å². The fourth-order valence-electron chi connectivity index (χ4n) is 1.62. The third-order valence-electron chi connectivity index (χ3n) is 2.86. The Morgan fingerprint density at radius 3 is 2.58 bits per heavy atom. The molecule has 0 radical (unpaired) electrons. The van der Waals surface area contributed by atoms with E-state index in [1.807, 2.05) is 12.1 Å². The van der Waals surface area contributed by atoms with Crippen molar-refractivity contribution in [3.8, 4) is 0 Å². The summed E-state index contributed by atoms with van der Waals surface area (Å²) < 4.78 is 0. The number of amidine groups is 1. The van der Waals surface area contributed by atoms with Crippen LogP contribution >= 0.6 is 11.6 Å². The molecule has 6 heteroatoms. The van der Waals surface area contributed by atoms with Crippen molar-refractivity contribution in [2.24, 2.45) is 16.8 Å². The summed E-state index contributed by atoms with van der Waals surface area (Å²) >= 11 is 5.78. The molecule has 0 saturated heterocycles. The summed E-state index contributed by atoms with van der Waals surface area (Å²) in [6.45, 7) is 2.20. The zero-order chi connectivity index (χ0) is 14.4. The Balaban J connectivity index is 2.55. The lowest BCUT2D eigenvalue weighted by atomic mass is 10.1. The summed E-state index contributed by atoms with van der Waals surface area (Å²) in [5.74, 6) is -0.102. The first kappa shape index (κ1) is 15.3. The molecule has 0 bridgehead atoms. The van der Waals surface area contributed by atoms with E-state index in [0.717, 1.165) is 5.56 Å². The van der Waals surface area contributed by atoms with Gasteiger partial charge >= 0.3 is 0 Å². The summed E-state index contributed by atoms with van der Waals surface area (Å²) in [5, 5.41) is 12.1. The molecule has 1 rings (SSSR count). The van der Waals surface area contributed by atoms with Gasteiger partial charge in [-0.05, 0) is 17.7 Å². The second-order valence-electron chi connectivity index (χ2n) is 4.50. The van der Waals surface area contributed by atoms with Crippen molar-refractivity contribution in [3.05, 3.63) is 34.9 Å². The van der Waals surface area contributed by atoms with Crippen molar-refractivity contribution in [3.63, 3.8) is 0 Å². The third kappa shape index (κ3) is 4.79. The van der Waals surface area contributed by atoms with Gasteiger partial charge in [0.15, 0.2) is 0 Å². The lowest BCUT2D eigenvalue weighted by Gasteiger charge is -2.21. The minimum atomic E-state index is -0.191. The summed E-state index contributed by atoms with van der Waals surface area (Å²) in [7, 11) is 1.69. The number of nitrogens with zero attached hydrogens (tertiary/aromatic N) is 2. The Kier molecular flexibility index (Phi) is 5.63. The van der Waals surface area contributed by atoms with Crippen LogP contribution in [-0.4, -0.2) is 35.4 Å². The number of oxime groups is 1. The van der Waals surface area contributed by atoms with E-state index in [0.29, 0.717) is 18.0 Å². The molecule has 104 valence electrons. The van der Waals surface area contributed by atoms with Crippen molar-refractivity contribution < 1.29 is 10.0 Å². The van der Waals surface area contributed by atoms with Gasteiger partial charge in [0, 0.05) is 24.5 Å². The van der Waals surface area contributed by atoms with Gasteiger partial charge in [0.2, 0.25) is 5.91 Å². The number of hydrogen-bond acceptors (Lipinski definition) is 3. The van der Waals surface area contributed by atoms with Gasteiger partial charge in [0.25, 0.3) is 0 Å². The minimum Gasteiger partial charge on any atom is -0.409 e. The molecule has 0 saturated carbocycles. The quantitative estimate of drug-likeness (QED) is 0.374. The number of halogens is 1. The average Bonchev–Trinajstić information content (AvgIpc) is 2.40. The predicted molar refractivity (Wildman–Crippen MR) is 75.4 cm³/mol. The van der Waals surface area contributed by atoms with Crippen LogP contribution in [0.1, 0.15) is 12.5 Å². The zero-order valence-corrected chi connectivity index (χ0v) is 11.8. The normalized spacial score (nSPS) is 13.1. The molecule has 0 aliphatic rings. The van der Waals surface area contributed by atoms with E-state index < -0.39 is 0 Å². The molecule has 0 aliphatic heterocycles. The number of amides is 1. The van der Waals surface area contributed by atoms with Crippen molar-refractivity contribution in [2.75, 3.05) is 13.6 Å². The SMILES string of the molecule is CC(CN(C)C(=O)Cc1ccc(Cl)cc1)/C(N)=N/O. The topological polar surface area (TPSA) is 78.9 Å². The van der Waals surface area contributed by atoms with Gasteiger partial charge in [-0.15, -0.1) is 0 Å². The molecule has 5 nitrogen and oxygen atoms in total. The summed E-state index contributed by atoms with van der Waals surface area (Å²) in [4.78, 5) is 13.6. The maximum Gasteiger partial charge on any atom is 0.226 e. The third-order valence-corrected chi connectivity index (χ3v) is 3.11. The maximum absolute atomic E-state index is 12.0. The largest absolute Gasteiger partial charge is 0.409 e. The highest BCUT2D eigenvalue weighted by molar-refractivity contribution is 6.30. The lowest BCUT2D eigenvalue weighted by Crippen LogP contribution is -2.37. The van der Waals surface area contributed by atoms with Crippen LogP contribution in [0.5, 0.6) is 0 Å². The van der Waals surface area contributed by atoms with Gasteiger partial charge in [0.05, 0.1) is 6.42 Å².